The van der Waals surface area contributed by atoms with Gasteiger partial charge in [-0.15, -0.1) is 11.3 Å². The number of anilines is 1. The summed E-state index contributed by atoms with van der Waals surface area (Å²) in [6.45, 7) is 1.81. The van der Waals surface area contributed by atoms with Crippen LogP contribution >= 0.6 is 38.9 Å². The summed E-state index contributed by atoms with van der Waals surface area (Å²) in [5, 5.41) is 14.3. The molecule has 3 aromatic rings. The van der Waals surface area contributed by atoms with Crippen LogP contribution in [0.1, 0.15) is 25.6 Å². The average molecular weight is 510 g/mol. The van der Waals surface area contributed by atoms with E-state index in [1.807, 2.05) is 31.2 Å². The van der Waals surface area contributed by atoms with Gasteiger partial charge in [-0.2, -0.15) is 0 Å². The first-order valence-corrected chi connectivity index (χ1v) is 10.4. The van der Waals surface area contributed by atoms with Crippen molar-refractivity contribution in [2.24, 2.45) is 0 Å². The highest BCUT2D eigenvalue weighted by atomic mass is 79.9. The molecule has 1 N–H and O–H groups in total. The molecule has 7 nitrogen and oxygen atoms in total. The molecule has 0 aliphatic rings. The SMILES string of the molecule is COC(=O)c1c(NC(=O)c2ccc(Cl)cc2[N+](=O)[O-])sc(C)c1-c1ccc(Br)cc1. The van der Waals surface area contributed by atoms with Crippen LogP contribution in [-0.2, 0) is 4.74 Å². The van der Waals surface area contributed by atoms with Gasteiger partial charge < -0.3 is 10.1 Å². The molecule has 0 saturated heterocycles. The molecule has 1 aromatic heterocycles. The fourth-order valence-corrected chi connectivity index (χ4v) is 4.40. The van der Waals surface area contributed by atoms with Gasteiger partial charge in [-0.25, -0.2) is 4.79 Å². The van der Waals surface area contributed by atoms with Gasteiger partial charge >= 0.3 is 5.97 Å². The standard InChI is InChI=1S/C20H14BrClN2O5S/c1-10-16(11-3-5-12(21)6-4-11)17(20(26)29-2)19(30-10)23-18(25)14-8-7-13(22)9-15(14)24(27)28/h3-9H,1-2H3,(H,23,25). The molecule has 1 heterocycles. The molecule has 3 rings (SSSR count). The minimum Gasteiger partial charge on any atom is -0.465 e. The highest BCUT2D eigenvalue weighted by Crippen LogP contribution is 2.41. The Balaban J connectivity index is 2.08. The maximum atomic E-state index is 12.8. The summed E-state index contributed by atoms with van der Waals surface area (Å²) in [5.41, 5.74) is 0.982. The van der Waals surface area contributed by atoms with Crippen molar-refractivity contribution in [3.63, 3.8) is 0 Å². The lowest BCUT2D eigenvalue weighted by Gasteiger charge is -2.09. The van der Waals surface area contributed by atoms with Gasteiger partial charge in [0, 0.05) is 26.0 Å². The molecule has 0 saturated carbocycles. The second kappa shape index (κ2) is 8.95. The number of carbonyl (C=O) groups is 2. The smallest absolute Gasteiger partial charge is 0.341 e. The van der Waals surface area contributed by atoms with Gasteiger partial charge in [0.25, 0.3) is 11.6 Å². The lowest BCUT2D eigenvalue weighted by molar-refractivity contribution is -0.385. The Labute approximate surface area is 188 Å². The monoisotopic (exact) mass is 508 g/mol. The van der Waals surface area contributed by atoms with Crippen LogP contribution in [0.3, 0.4) is 0 Å². The highest BCUT2D eigenvalue weighted by molar-refractivity contribution is 9.10. The number of benzene rings is 2. The summed E-state index contributed by atoms with van der Waals surface area (Å²) < 4.78 is 5.80. The zero-order valence-corrected chi connectivity index (χ0v) is 18.9. The predicted octanol–water partition coefficient (Wildman–Crippen LogP) is 6.09. The summed E-state index contributed by atoms with van der Waals surface area (Å²) in [6, 6.07) is 11.1. The fraction of sp³-hybridized carbons (Fsp3) is 0.100. The molecule has 154 valence electrons. The first-order valence-electron chi connectivity index (χ1n) is 8.45. The van der Waals surface area contributed by atoms with E-state index in [1.54, 1.807) is 0 Å². The highest BCUT2D eigenvalue weighted by Gasteiger charge is 2.27. The second-order valence-electron chi connectivity index (χ2n) is 6.11. The average Bonchev–Trinajstić information content (AvgIpc) is 3.03. The molecule has 0 atom stereocenters. The third-order valence-electron chi connectivity index (χ3n) is 4.23. The van der Waals surface area contributed by atoms with Gasteiger partial charge in [0.05, 0.1) is 12.0 Å². The van der Waals surface area contributed by atoms with Crippen molar-refractivity contribution in [1.82, 2.24) is 0 Å². The normalized spacial score (nSPS) is 10.5. The van der Waals surface area contributed by atoms with Gasteiger partial charge in [-0.3, -0.25) is 14.9 Å². The fourth-order valence-electron chi connectivity index (χ4n) is 2.91. The number of thiophene rings is 1. The number of ether oxygens (including phenoxy) is 1. The molecule has 2 aromatic carbocycles. The zero-order chi connectivity index (χ0) is 22.0. The topological polar surface area (TPSA) is 98.5 Å². The number of amides is 1. The van der Waals surface area contributed by atoms with E-state index in [1.165, 1.54) is 30.6 Å². The van der Waals surface area contributed by atoms with Crippen molar-refractivity contribution in [1.29, 1.82) is 0 Å². The molecule has 30 heavy (non-hydrogen) atoms. The Morgan fingerprint density at radius 3 is 2.47 bits per heavy atom. The predicted molar refractivity (Wildman–Crippen MR) is 120 cm³/mol. The Kier molecular flexibility index (Phi) is 6.55. The van der Waals surface area contributed by atoms with Gasteiger partial charge in [0.15, 0.2) is 0 Å². The molecule has 0 aliphatic carbocycles. The molecule has 0 unspecified atom stereocenters. The molecule has 10 heteroatoms. The Morgan fingerprint density at radius 2 is 1.87 bits per heavy atom. The maximum Gasteiger partial charge on any atom is 0.341 e. The Morgan fingerprint density at radius 1 is 1.20 bits per heavy atom. The summed E-state index contributed by atoms with van der Waals surface area (Å²) in [5.74, 6) is -1.36. The van der Waals surface area contributed by atoms with E-state index in [4.69, 9.17) is 16.3 Å². The minimum atomic E-state index is -0.730. The summed E-state index contributed by atoms with van der Waals surface area (Å²) in [4.78, 5) is 36.8. The molecule has 0 fully saturated rings. The quantitative estimate of drug-likeness (QED) is 0.255. The van der Waals surface area contributed by atoms with E-state index in [0.29, 0.717) is 5.56 Å². The van der Waals surface area contributed by atoms with E-state index in [-0.39, 0.29) is 21.2 Å². The Bertz CT molecular complexity index is 1160. The first-order chi connectivity index (χ1) is 14.2. The number of hydrogen-bond acceptors (Lipinski definition) is 6. The van der Waals surface area contributed by atoms with Crippen LogP contribution < -0.4 is 5.32 Å². The number of nitro groups is 1. The third-order valence-corrected chi connectivity index (χ3v) is 6.02. The molecule has 0 bridgehead atoms. The van der Waals surface area contributed by atoms with Crippen LogP contribution in [0.15, 0.2) is 46.9 Å². The van der Waals surface area contributed by atoms with E-state index in [0.717, 1.165) is 21.0 Å². The summed E-state index contributed by atoms with van der Waals surface area (Å²) >= 11 is 10.4. The van der Waals surface area contributed by atoms with E-state index >= 15 is 0 Å². The largest absolute Gasteiger partial charge is 0.465 e. The first kappa shape index (κ1) is 21.9. The van der Waals surface area contributed by atoms with E-state index in [2.05, 4.69) is 21.2 Å². The summed E-state index contributed by atoms with van der Waals surface area (Å²) in [7, 11) is 1.25. The second-order valence-corrected chi connectivity index (χ2v) is 8.69. The molecular formula is C20H14BrClN2O5S. The van der Waals surface area contributed by atoms with Gasteiger partial charge in [-0.1, -0.05) is 39.7 Å². The number of carbonyl (C=O) groups excluding carboxylic acids is 2. The van der Waals surface area contributed by atoms with E-state index in [9.17, 15) is 19.7 Å². The lowest BCUT2D eigenvalue weighted by atomic mass is 10.0. The molecule has 1 amide bonds. The van der Waals surface area contributed by atoms with Gasteiger partial charge in [0.1, 0.15) is 16.1 Å². The van der Waals surface area contributed by atoms with Crippen molar-refractivity contribution in [2.75, 3.05) is 12.4 Å². The number of methoxy groups -OCH3 is 1. The maximum absolute atomic E-state index is 12.8. The number of nitrogens with zero attached hydrogens (tertiary/aromatic N) is 1. The van der Waals surface area contributed by atoms with Crippen LogP contribution in [0.4, 0.5) is 10.7 Å². The molecule has 0 radical (unpaired) electrons. The molecule has 0 aliphatic heterocycles. The number of hydrogen-bond donors (Lipinski definition) is 1. The number of esters is 1. The van der Waals surface area contributed by atoms with Crippen LogP contribution in [0.2, 0.25) is 5.02 Å². The number of nitro benzene ring substituents is 1. The minimum absolute atomic E-state index is 0.137. The van der Waals surface area contributed by atoms with Crippen LogP contribution in [-0.4, -0.2) is 23.9 Å². The van der Waals surface area contributed by atoms with Crippen molar-refractivity contribution in [2.45, 2.75) is 6.92 Å². The lowest BCUT2D eigenvalue weighted by Crippen LogP contribution is -2.15. The Hall–Kier alpha value is -2.75. The van der Waals surface area contributed by atoms with E-state index < -0.39 is 22.5 Å². The molecule has 0 spiro atoms. The van der Waals surface area contributed by atoms with Crippen LogP contribution in [0.5, 0.6) is 0 Å². The van der Waals surface area contributed by atoms with Crippen LogP contribution in [0, 0.1) is 17.0 Å². The number of halogens is 2. The van der Waals surface area contributed by atoms with Crippen molar-refractivity contribution in [3.05, 3.63) is 78.1 Å². The van der Waals surface area contributed by atoms with Crippen molar-refractivity contribution in [3.8, 4) is 11.1 Å². The van der Waals surface area contributed by atoms with Crippen LogP contribution in [0.25, 0.3) is 11.1 Å². The number of nitrogens with one attached hydrogen (secondary N) is 1. The van der Waals surface area contributed by atoms with Crippen molar-refractivity contribution >= 4 is 61.4 Å². The van der Waals surface area contributed by atoms with Gasteiger partial charge in [-0.05, 0) is 36.8 Å². The number of aryl methyl sites for hydroxylation is 1. The van der Waals surface area contributed by atoms with Gasteiger partial charge in [0.2, 0.25) is 0 Å². The zero-order valence-electron chi connectivity index (χ0n) is 15.7. The number of rotatable bonds is 5. The van der Waals surface area contributed by atoms with Crippen molar-refractivity contribution < 1.29 is 19.2 Å². The summed E-state index contributed by atoms with van der Waals surface area (Å²) in [6.07, 6.45) is 0. The third kappa shape index (κ3) is 4.38. The molecular weight excluding hydrogens is 496 g/mol.